The molecule has 6 nitrogen and oxygen atoms in total. The lowest BCUT2D eigenvalue weighted by atomic mass is 9.98. The number of nitrogens with zero attached hydrogens (tertiary/aromatic N) is 2. The van der Waals surface area contributed by atoms with Gasteiger partial charge in [0, 0.05) is 25.2 Å². The number of carbonyl (C=O) groups excluding carboxylic acids is 1. The number of hydrogen-bond donors (Lipinski definition) is 1. The number of halogens is 3. The van der Waals surface area contributed by atoms with Crippen molar-refractivity contribution in [1.29, 1.82) is 0 Å². The van der Waals surface area contributed by atoms with Gasteiger partial charge < -0.3 is 10.2 Å². The summed E-state index contributed by atoms with van der Waals surface area (Å²) >= 11 is 0. The first-order valence-electron chi connectivity index (χ1n) is 7.55. The molecule has 9 heteroatoms. The van der Waals surface area contributed by atoms with Gasteiger partial charge in [-0.1, -0.05) is 6.92 Å². The van der Waals surface area contributed by atoms with Gasteiger partial charge in [-0.15, -0.1) is 0 Å². The highest BCUT2D eigenvalue weighted by Crippen LogP contribution is 2.29. The van der Waals surface area contributed by atoms with E-state index in [4.69, 9.17) is 0 Å². The van der Waals surface area contributed by atoms with Gasteiger partial charge in [0.1, 0.15) is 6.54 Å². The molecule has 0 radical (unpaired) electrons. The quantitative estimate of drug-likeness (QED) is 0.672. The zero-order chi connectivity index (χ0) is 17.9. The molecule has 1 aromatic rings. The van der Waals surface area contributed by atoms with Crippen LogP contribution in [0.4, 0.5) is 24.5 Å². The number of nitro benzene ring substituents is 1. The van der Waals surface area contributed by atoms with Crippen molar-refractivity contribution in [3.8, 4) is 0 Å². The van der Waals surface area contributed by atoms with Gasteiger partial charge in [0.25, 0.3) is 11.6 Å². The fourth-order valence-corrected chi connectivity index (χ4v) is 2.62. The van der Waals surface area contributed by atoms with Crippen LogP contribution in [-0.2, 0) is 0 Å². The summed E-state index contributed by atoms with van der Waals surface area (Å²) in [4.78, 5) is 24.2. The summed E-state index contributed by atoms with van der Waals surface area (Å²) in [6, 6.07) is 3.71. The van der Waals surface area contributed by atoms with Crippen LogP contribution in [0.2, 0.25) is 0 Å². The maximum atomic E-state index is 12.3. The van der Waals surface area contributed by atoms with Gasteiger partial charge in [-0.3, -0.25) is 14.9 Å². The lowest BCUT2D eigenvalue weighted by Gasteiger charge is -2.33. The minimum Gasteiger partial charge on any atom is -0.371 e. The zero-order valence-electron chi connectivity index (χ0n) is 13.1. The van der Waals surface area contributed by atoms with E-state index in [0.29, 0.717) is 24.7 Å². The molecule has 0 aliphatic carbocycles. The Kier molecular flexibility index (Phi) is 5.30. The minimum atomic E-state index is -4.54. The maximum Gasteiger partial charge on any atom is 0.405 e. The van der Waals surface area contributed by atoms with Gasteiger partial charge >= 0.3 is 6.18 Å². The van der Waals surface area contributed by atoms with Crippen LogP contribution in [0.25, 0.3) is 0 Å². The van der Waals surface area contributed by atoms with E-state index in [1.165, 1.54) is 12.1 Å². The molecule has 0 aromatic heterocycles. The topological polar surface area (TPSA) is 75.5 Å². The van der Waals surface area contributed by atoms with Crippen LogP contribution in [0.5, 0.6) is 0 Å². The Hall–Kier alpha value is -2.32. The summed E-state index contributed by atoms with van der Waals surface area (Å²) in [6.45, 7) is 1.92. The number of nitro groups is 1. The number of non-ortho nitro benzene ring substituents is 1. The number of amides is 1. The third-order valence-corrected chi connectivity index (χ3v) is 4.01. The molecule has 1 fully saturated rings. The summed E-state index contributed by atoms with van der Waals surface area (Å²) in [6.07, 6.45) is -2.77. The van der Waals surface area contributed by atoms with Crippen molar-refractivity contribution in [2.45, 2.75) is 25.9 Å². The van der Waals surface area contributed by atoms with Crippen LogP contribution < -0.4 is 10.2 Å². The standard InChI is InChI=1S/C15H18F3N3O3/c1-10-4-6-20(7-5-10)13-3-2-11(21(23)24)8-12(13)14(22)19-9-15(16,17)18/h2-3,8,10H,4-7,9H2,1H3,(H,19,22). The van der Waals surface area contributed by atoms with Crippen molar-refractivity contribution in [3.63, 3.8) is 0 Å². The number of rotatable bonds is 4. The Balaban J connectivity index is 2.29. The van der Waals surface area contributed by atoms with Crippen LogP contribution >= 0.6 is 0 Å². The van der Waals surface area contributed by atoms with E-state index in [2.05, 4.69) is 6.92 Å². The Morgan fingerprint density at radius 1 is 1.38 bits per heavy atom. The summed E-state index contributed by atoms with van der Waals surface area (Å²) in [5, 5.41) is 12.7. The number of alkyl halides is 3. The second kappa shape index (κ2) is 7.06. The highest BCUT2D eigenvalue weighted by Gasteiger charge is 2.29. The number of carbonyl (C=O) groups is 1. The van der Waals surface area contributed by atoms with Crippen LogP contribution in [0.1, 0.15) is 30.1 Å². The summed E-state index contributed by atoms with van der Waals surface area (Å²) < 4.78 is 36.9. The molecule has 1 aromatic carbocycles. The van der Waals surface area contributed by atoms with Gasteiger partial charge in [-0.25, -0.2) is 0 Å². The molecule has 1 aliphatic rings. The van der Waals surface area contributed by atoms with Crippen LogP contribution in [0, 0.1) is 16.0 Å². The van der Waals surface area contributed by atoms with Crippen molar-refractivity contribution in [2.75, 3.05) is 24.5 Å². The number of anilines is 1. The van der Waals surface area contributed by atoms with Crippen molar-refractivity contribution in [3.05, 3.63) is 33.9 Å². The molecule has 1 amide bonds. The van der Waals surface area contributed by atoms with E-state index in [1.807, 2.05) is 4.90 Å². The smallest absolute Gasteiger partial charge is 0.371 e. The van der Waals surface area contributed by atoms with Gasteiger partial charge in [0.05, 0.1) is 16.2 Å². The predicted octanol–water partition coefficient (Wildman–Crippen LogP) is 3.12. The third kappa shape index (κ3) is 4.59. The van der Waals surface area contributed by atoms with Gasteiger partial charge in [0.15, 0.2) is 0 Å². The SMILES string of the molecule is CC1CCN(c2ccc([N+](=O)[O-])cc2C(=O)NCC(F)(F)F)CC1. The van der Waals surface area contributed by atoms with Crippen molar-refractivity contribution < 1.29 is 22.9 Å². The normalized spacial score (nSPS) is 16.1. The van der Waals surface area contributed by atoms with Crippen molar-refractivity contribution in [2.24, 2.45) is 5.92 Å². The van der Waals surface area contributed by atoms with Gasteiger partial charge in [-0.05, 0) is 24.8 Å². The molecule has 2 rings (SSSR count). The summed E-state index contributed by atoms with van der Waals surface area (Å²) in [5.74, 6) is -0.438. The summed E-state index contributed by atoms with van der Waals surface area (Å²) in [7, 11) is 0. The molecule has 0 unspecified atom stereocenters. The highest BCUT2D eigenvalue weighted by molar-refractivity contribution is 6.00. The molecular formula is C15H18F3N3O3. The monoisotopic (exact) mass is 345 g/mol. The van der Waals surface area contributed by atoms with Gasteiger partial charge in [0.2, 0.25) is 0 Å². The lowest BCUT2D eigenvalue weighted by molar-refractivity contribution is -0.384. The fourth-order valence-electron chi connectivity index (χ4n) is 2.62. The number of benzene rings is 1. The van der Waals surface area contributed by atoms with E-state index in [1.54, 1.807) is 5.32 Å². The maximum absolute atomic E-state index is 12.3. The number of hydrogen-bond acceptors (Lipinski definition) is 4. The van der Waals surface area contributed by atoms with E-state index < -0.39 is 23.6 Å². The molecule has 0 saturated carbocycles. The molecule has 1 N–H and O–H groups in total. The second-order valence-electron chi connectivity index (χ2n) is 5.93. The molecule has 0 bridgehead atoms. The first-order valence-corrected chi connectivity index (χ1v) is 7.55. The second-order valence-corrected chi connectivity index (χ2v) is 5.93. The first kappa shape index (κ1) is 18.0. The molecule has 0 spiro atoms. The molecule has 1 heterocycles. The lowest BCUT2D eigenvalue weighted by Crippen LogP contribution is -2.37. The molecule has 1 aliphatic heterocycles. The zero-order valence-corrected chi connectivity index (χ0v) is 13.1. The van der Waals surface area contributed by atoms with Crippen molar-refractivity contribution >= 4 is 17.3 Å². The number of nitrogens with one attached hydrogen (secondary N) is 1. The molecule has 1 saturated heterocycles. The predicted molar refractivity (Wildman–Crippen MR) is 82.1 cm³/mol. The Morgan fingerprint density at radius 2 is 2.00 bits per heavy atom. The fraction of sp³-hybridized carbons (Fsp3) is 0.533. The van der Waals surface area contributed by atoms with E-state index in [-0.39, 0.29) is 11.3 Å². The van der Waals surface area contributed by atoms with E-state index >= 15 is 0 Å². The largest absolute Gasteiger partial charge is 0.405 e. The Bertz CT molecular complexity index is 626. The first-order chi connectivity index (χ1) is 11.2. The van der Waals surface area contributed by atoms with Crippen LogP contribution in [-0.4, -0.2) is 36.6 Å². The molecular weight excluding hydrogens is 327 g/mol. The van der Waals surface area contributed by atoms with Crippen molar-refractivity contribution in [1.82, 2.24) is 5.32 Å². The molecule has 24 heavy (non-hydrogen) atoms. The molecule has 132 valence electrons. The van der Waals surface area contributed by atoms with Crippen LogP contribution in [0.15, 0.2) is 18.2 Å². The minimum absolute atomic E-state index is 0.108. The number of piperidine rings is 1. The van der Waals surface area contributed by atoms with E-state index in [9.17, 15) is 28.1 Å². The van der Waals surface area contributed by atoms with Gasteiger partial charge in [-0.2, -0.15) is 13.2 Å². The third-order valence-electron chi connectivity index (χ3n) is 4.01. The Morgan fingerprint density at radius 3 is 2.54 bits per heavy atom. The highest BCUT2D eigenvalue weighted by atomic mass is 19.4. The summed E-state index contributed by atoms with van der Waals surface area (Å²) in [5.41, 5.74) is -0.0172. The average Bonchev–Trinajstić information content (AvgIpc) is 2.52. The average molecular weight is 345 g/mol. The van der Waals surface area contributed by atoms with E-state index in [0.717, 1.165) is 18.9 Å². The van der Waals surface area contributed by atoms with Crippen LogP contribution in [0.3, 0.4) is 0 Å². The Labute approximate surface area is 136 Å². The molecule has 0 atom stereocenters.